The fourth-order valence-electron chi connectivity index (χ4n) is 1.41. The Hall–Kier alpha value is 0.444. The van der Waals surface area contributed by atoms with Crippen molar-refractivity contribution in [3.63, 3.8) is 0 Å². The molecule has 0 aromatic rings. The maximum absolute atomic E-state index is 8.19. The van der Waals surface area contributed by atoms with E-state index in [0.717, 1.165) is 17.4 Å². The Morgan fingerprint density at radius 1 is 1.07 bits per heavy atom. The van der Waals surface area contributed by atoms with E-state index in [9.17, 15) is 0 Å². The summed E-state index contributed by atoms with van der Waals surface area (Å²) in [6, 6.07) is 0. The predicted octanol–water partition coefficient (Wildman–Crippen LogP) is 3.83. The van der Waals surface area contributed by atoms with Crippen molar-refractivity contribution in [2.24, 2.45) is 5.41 Å². The van der Waals surface area contributed by atoms with Crippen molar-refractivity contribution >= 4 is 24.8 Å². The molecule has 1 aliphatic carbocycles. The predicted molar refractivity (Wildman–Crippen MR) is 59.8 cm³/mol. The third kappa shape index (κ3) is 4.31. The van der Waals surface area contributed by atoms with Gasteiger partial charge in [-0.1, -0.05) is 33.1 Å². The Morgan fingerprint density at radius 3 is 1.50 bits per heavy atom. The molecule has 0 unspecified atom stereocenters. The van der Waals surface area contributed by atoms with Crippen LogP contribution in [-0.2, 0) is 21.0 Å². The minimum atomic E-state index is 0. The van der Waals surface area contributed by atoms with Crippen molar-refractivity contribution in [1.82, 2.24) is 0 Å². The van der Waals surface area contributed by atoms with Crippen molar-refractivity contribution < 1.29 is 21.0 Å². The molecular weight excluding hydrogens is 258 g/mol. The number of rotatable bonds is 0. The fourth-order valence-corrected chi connectivity index (χ4v) is 1.41. The van der Waals surface area contributed by atoms with Gasteiger partial charge in [-0.15, -0.1) is 31.7 Å². The van der Waals surface area contributed by atoms with Crippen molar-refractivity contribution in [2.45, 2.75) is 34.6 Å². The van der Waals surface area contributed by atoms with Gasteiger partial charge >= 0.3 is 21.0 Å². The second kappa shape index (κ2) is 7.70. The Balaban J connectivity index is -0.000000284. The molecule has 0 fully saturated rings. The normalized spacial score (nSPS) is 17.0. The molecule has 0 N–H and O–H groups in total. The zero-order chi connectivity index (χ0) is 9.94. The van der Waals surface area contributed by atoms with Crippen LogP contribution in [0.4, 0.5) is 0 Å². The monoisotopic (exact) mass is 274 g/mol. The molecule has 1 rings (SSSR count). The third-order valence-corrected chi connectivity index (χ3v) is 2.56. The van der Waals surface area contributed by atoms with E-state index < -0.39 is 0 Å². The molecule has 0 saturated heterocycles. The van der Waals surface area contributed by atoms with Gasteiger partial charge in [0.15, 0.2) is 0 Å². The average Bonchev–Trinajstić information content (AvgIpc) is 2.19. The van der Waals surface area contributed by atoms with Crippen LogP contribution in [0, 0.1) is 11.5 Å². The first-order valence-electron chi connectivity index (χ1n) is 3.93. The van der Waals surface area contributed by atoms with Gasteiger partial charge in [-0.25, -0.2) is 5.57 Å². The van der Waals surface area contributed by atoms with Gasteiger partial charge in [-0.2, -0.15) is 11.1 Å². The van der Waals surface area contributed by atoms with Crippen LogP contribution >= 0.6 is 24.8 Å². The first-order chi connectivity index (χ1) is 5.45. The molecule has 0 aliphatic heterocycles. The zero-order valence-corrected chi connectivity index (χ0v) is 12.2. The first-order valence-corrected chi connectivity index (χ1v) is 4.50. The minimum absolute atomic E-state index is 0. The van der Waals surface area contributed by atoms with Gasteiger partial charge in [0.25, 0.3) is 0 Å². The molecular formula is C10H17Cl2OV-. The quantitative estimate of drug-likeness (QED) is 0.614. The molecule has 1 nitrogen and oxygen atoms in total. The number of hydrogen-bond donors (Lipinski definition) is 0. The molecule has 0 aromatic carbocycles. The van der Waals surface area contributed by atoms with Crippen LogP contribution in [0.15, 0.2) is 16.7 Å². The Bertz CT molecular complexity index is 245. The van der Waals surface area contributed by atoms with E-state index >= 15 is 0 Å². The van der Waals surface area contributed by atoms with Crippen LogP contribution in [0.3, 0.4) is 0 Å². The van der Waals surface area contributed by atoms with Gasteiger partial charge in [0.05, 0.1) is 0 Å². The topological polar surface area (TPSA) is 17.1 Å². The van der Waals surface area contributed by atoms with Gasteiger partial charge in [0.2, 0.25) is 0 Å². The van der Waals surface area contributed by atoms with E-state index in [1.54, 1.807) is 0 Å². The number of hydrogen-bond acceptors (Lipinski definition) is 1. The Kier molecular flexibility index (Phi) is 11.0. The van der Waals surface area contributed by atoms with E-state index in [1.165, 1.54) is 16.7 Å². The number of halogens is 2. The van der Waals surface area contributed by atoms with Crippen LogP contribution in [0.5, 0.6) is 0 Å². The summed E-state index contributed by atoms with van der Waals surface area (Å²) in [5.74, 6) is 0. The molecule has 0 heterocycles. The molecule has 0 atom stereocenters. The summed E-state index contributed by atoms with van der Waals surface area (Å²) in [5, 5.41) is 0. The Morgan fingerprint density at radius 2 is 1.43 bits per heavy atom. The standard InChI is InChI=1S/C10H15.2ClH.O.V/c1-7-6-10(4,5)9(3)8(7)2;;;;/h1-5H3;2*1H;;/q-1;;;;. The maximum atomic E-state index is 8.19. The van der Waals surface area contributed by atoms with E-state index in [2.05, 4.69) is 40.7 Å². The van der Waals surface area contributed by atoms with Gasteiger partial charge < -0.3 is 0 Å². The van der Waals surface area contributed by atoms with Crippen molar-refractivity contribution in [3.05, 3.63) is 22.8 Å². The second-order valence-corrected chi connectivity index (χ2v) is 3.62. The molecule has 83 valence electrons. The summed E-state index contributed by atoms with van der Waals surface area (Å²) in [6.45, 7) is 10.9. The zero-order valence-electron chi connectivity index (χ0n) is 9.17. The van der Waals surface area contributed by atoms with Crippen LogP contribution in [0.1, 0.15) is 34.6 Å². The summed E-state index contributed by atoms with van der Waals surface area (Å²) in [6.07, 6.45) is 3.44. The van der Waals surface area contributed by atoms with Crippen LogP contribution in [0.25, 0.3) is 0 Å². The number of allylic oxidation sites excluding steroid dienone is 4. The molecule has 4 heteroatoms. The summed E-state index contributed by atoms with van der Waals surface area (Å²) in [7, 11) is 0. The third-order valence-electron chi connectivity index (χ3n) is 2.56. The molecule has 0 amide bonds. The van der Waals surface area contributed by atoms with Crippen molar-refractivity contribution in [3.8, 4) is 0 Å². The van der Waals surface area contributed by atoms with Gasteiger partial charge in [-0.3, -0.25) is 6.08 Å². The molecule has 0 spiro atoms. The fraction of sp³-hybridized carbons (Fsp3) is 0.600. The molecule has 14 heavy (non-hydrogen) atoms. The summed E-state index contributed by atoms with van der Waals surface area (Å²) in [5.41, 5.74) is 4.39. The molecule has 0 radical (unpaired) electrons. The van der Waals surface area contributed by atoms with E-state index in [-0.39, 0.29) is 30.2 Å². The van der Waals surface area contributed by atoms with Crippen molar-refractivity contribution in [2.75, 3.05) is 0 Å². The molecule has 0 bridgehead atoms. The molecule has 0 saturated carbocycles. The van der Waals surface area contributed by atoms with E-state index in [4.69, 9.17) is 3.67 Å². The van der Waals surface area contributed by atoms with Crippen LogP contribution in [-0.4, -0.2) is 0 Å². The van der Waals surface area contributed by atoms with Gasteiger partial charge in [0.1, 0.15) is 0 Å². The summed E-state index contributed by atoms with van der Waals surface area (Å²) < 4.78 is 8.19. The van der Waals surface area contributed by atoms with E-state index in [1.807, 2.05) is 0 Å². The van der Waals surface area contributed by atoms with E-state index in [0.29, 0.717) is 0 Å². The second-order valence-electron chi connectivity index (χ2n) is 3.62. The Labute approximate surface area is 108 Å². The first kappa shape index (κ1) is 19.9. The SMILES string of the molecule is CC1=[C-]C(C)(C)C(C)=C1C.Cl.Cl.[O]=[V]. The summed E-state index contributed by atoms with van der Waals surface area (Å²) in [4.78, 5) is 0. The van der Waals surface area contributed by atoms with Crippen molar-refractivity contribution in [1.29, 1.82) is 0 Å². The summed E-state index contributed by atoms with van der Waals surface area (Å²) >= 11 is 1.06. The average molecular weight is 275 g/mol. The van der Waals surface area contributed by atoms with Gasteiger partial charge in [-0.05, 0) is 0 Å². The molecule has 0 aromatic heterocycles. The van der Waals surface area contributed by atoms with Gasteiger partial charge in [0, 0.05) is 0 Å². The molecule has 1 aliphatic rings. The van der Waals surface area contributed by atoms with Crippen LogP contribution < -0.4 is 0 Å². The van der Waals surface area contributed by atoms with Crippen LogP contribution in [0.2, 0.25) is 0 Å².